The van der Waals surface area contributed by atoms with Crippen molar-refractivity contribution in [3.63, 3.8) is 0 Å². The van der Waals surface area contributed by atoms with Crippen molar-refractivity contribution in [1.82, 2.24) is 0 Å². The van der Waals surface area contributed by atoms with Gasteiger partial charge in [-0.3, -0.25) is 14.4 Å². The number of rotatable bonds is 20. The lowest BCUT2D eigenvalue weighted by atomic mass is 9.74. The Bertz CT molecular complexity index is 1660. The normalized spacial score (nSPS) is 15.5. The van der Waals surface area contributed by atoms with Crippen LogP contribution in [0, 0.1) is 25.3 Å². The third-order valence-electron chi connectivity index (χ3n) is 11.0. The highest BCUT2D eigenvalue weighted by atomic mass is 32.2. The highest BCUT2D eigenvalue weighted by molar-refractivity contribution is 7.93. The van der Waals surface area contributed by atoms with E-state index in [1.165, 1.54) is 11.1 Å². The minimum absolute atomic E-state index is 0.0749. The lowest BCUT2D eigenvalue weighted by Crippen LogP contribution is -2.36. The van der Waals surface area contributed by atoms with Crippen molar-refractivity contribution >= 4 is 21.4 Å². The second-order valence-corrected chi connectivity index (χ2v) is 18.4. The van der Waals surface area contributed by atoms with E-state index in [9.17, 15) is 18.0 Å². The number of benzene rings is 3. The van der Waals surface area contributed by atoms with Gasteiger partial charge in [0.05, 0.1) is 15.7 Å². The van der Waals surface area contributed by atoms with Crippen LogP contribution in [0.4, 0.5) is 0 Å². The van der Waals surface area contributed by atoms with Crippen LogP contribution >= 0.6 is 0 Å². The van der Waals surface area contributed by atoms with Gasteiger partial charge in [0.2, 0.25) is 0 Å². The summed E-state index contributed by atoms with van der Waals surface area (Å²) in [4.78, 5) is 28.5. The Morgan fingerprint density at radius 1 is 0.627 bits per heavy atom. The molecule has 0 aromatic heterocycles. The molecule has 2 unspecified atom stereocenters. The van der Waals surface area contributed by atoms with Gasteiger partial charge in [0.1, 0.15) is 11.6 Å². The summed E-state index contributed by atoms with van der Waals surface area (Å²) in [5.41, 5.74) is 3.97. The summed E-state index contributed by atoms with van der Waals surface area (Å²) < 4.78 is 28.7. The first-order valence-electron chi connectivity index (χ1n) is 18.8. The summed E-state index contributed by atoms with van der Waals surface area (Å²) in [6.07, 6.45) is 5.65. The number of unbranched alkanes of at least 4 members (excludes halogenated alkanes) is 2. The van der Waals surface area contributed by atoms with Gasteiger partial charge < -0.3 is 0 Å². The fourth-order valence-electron chi connectivity index (χ4n) is 7.27. The van der Waals surface area contributed by atoms with Crippen LogP contribution in [0.2, 0.25) is 0 Å². The third-order valence-corrected chi connectivity index (χ3v) is 13.4. The smallest absolute Gasteiger partial charge is 0.299 e. The number of carbonyl (C=O) groups excluding carboxylic acids is 2. The number of carbonyl (C=O) groups is 2. The van der Waals surface area contributed by atoms with E-state index in [1.807, 2.05) is 20.8 Å². The molecule has 276 valence electrons. The van der Waals surface area contributed by atoms with Crippen LogP contribution in [0.5, 0.6) is 0 Å². The number of aryl methyl sites for hydroxylation is 1. The van der Waals surface area contributed by atoms with E-state index < -0.39 is 25.5 Å². The molecule has 3 rings (SSSR count). The van der Waals surface area contributed by atoms with Gasteiger partial charge in [-0.25, -0.2) is 15.0 Å². The third kappa shape index (κ3) is 10.3. The molecule has 2 atom stereocenters. The molecule has 0 saturated carbocycles. The van der Waals surface area contributed by atoms with Crippen molar-refractivity contribution in [2.24, 2.45) is 11.8 Å². The van der Waals surface area contributed by atoms with E-state index in [0.717, 1.165) is 29.5 Å². The van der Waals surface area contributed by atoms with Gasteiger partial charge in [0.25, 0.3) is 9.84 Å². The Kier molecular flexibility index (Phi) is 14.6. The summed E-state index contributed by atoms with van der Waals surface area (Å²) in [6, 6.07) is 23.4. The number of Topliss-reactive ketones (excluding diaryl/α,β-unsaturated/α-hetero) is 2. The molecule has 0 bridgehead atoms. The summed E-state index contributed by atoms with van der Waals surface area (Å²) in [6.45, 7) is 26.2. The molecule has 51 heavy (non-hydrogen) atoms. The average molecular weight is 712 g/mol. The molecule has 0 aliphatic heterocycles. The van der Waals surface area contributed by atoms with E-state index in [1.54, 1.807) is 38.1 Å². The van der Waals surface area contributed by atoms with Crippen LogP contribution in [-0.2, 0) is 43.1 Å². The molecule has 0 heterocycles. The molecule has 0 aliphatic rings. The number of hydrogen-bond acceptors (Lipinski definition) is 4. The minimum Gasteiger partial charge on any atom is -0.299 e. The quantitative estimate of drug-likeness (QED) is 0.0864. The number of nitrogens with zero attached hydrogens (tertiary/aromatic N) is 1. The topological polar surface area (TPSA) is 72.6 Å². The first kappa shape index (κ1) is 41.9. The number of hydrogen-bond donors (Lipinski definition) is 0. The lowest BCUT2D eigenvalue weighted by molar-refractivity contribution is -0.123. The maximum Gasteiger partial charge on any atom is 0.333 e. The molecular formula is C45H61NO4S. The zero-order valence-corrected chi connectivity index (χ0v) is 33.5. The highest BCUT2D eigenvalue weighted by Gasteiger charge is 2.51. The molecular weight excluding hydrogens is 651 g/mol. The van der Waals surface area contributed by atoms with Gasteiger partial charge in [0.15, 0.2) is 0 Å². The van der Waals surface area contributed by atoms with Gasteiger partial charge in [-0.2, -0.15) is 0 Å². The van der Waals surface area contributed by atoms with E-state index >= 15 is 0 Å². The predicted octanol–water partition coefficient (Wildman–Crippen LogP) is 11.0. The molecule has 3 aromatic rings. The van der Waals surface area contributed by atoms with Crippen molar-refractivity contribution in [3.8, 4) is 0 Å². The summed E-state index contributed by atoms with van der Waals surface area (Å²) >= 11 is 0. The van der Waals surface area contributed by atoms with Crippen molar-refractivity contribution in [3.05, 3.63) is 112 Å². The molecule has 3 aromatic carbocycles. The van der Waals surface area contributed by atoms with Crippen molar-refractivity contribution in [2.45, 2.75) is 147 Å². The second kappa shape index (κ2) is 17.8. The number of ketones is 2. The molecule has 6 heteroatoms. The van der Waals surface area contributed by atoms with E-state index in [2.05, 4.69) is 81.1 Å². The molecule has 0 fully saturated rings. The van der Waals surface area contributed by atoms with Gasteiger partial charge in [0, 0.05) is 12.8 Å². The first-order chi connectivity index (χ1) is 23.9. The lowest BCUT2D eigenvalue weighted by Gasteiger charge is -2.29. The molecule has 0 aliphatic carbocycles. The zero-order chi connectivity index (χ0) is 38.0. The molecule has 5 nitrogen and oxygen atoms in total. The summed E-state index contributed by atoms with van der Waals surface area (Å²) in [5.74, 6) is 1.23. The molecule has 0 amide bonds. The van der Waals surface area contributed by atoms with Gasteiger partial charge >= 0.3 is 4.87 Å². The van der Waals surface area contributed by atoms with Gasteiger partial charge in [-0.1, -0.05) is 107 Å². The van der Waals surface area contributed by atoms with Gasteiger partial charge in [-0.15, -0.1) is 0 Å². The average Bonchev–Trinajstić information content (AvgIpc) is 3.07. The van der Waals surface area contributed by atoms with Crippen molar-refractivity contribution in [1.29, 1.82) is 0 Å². The largest absolute Gasteiger partial charge is 0.333 e. The fourth-order valence-corrected chi connectivity index (χ4v) is 9.15. The molecule has 0 saturated heterocycles. The minimum atomic E-state index is -4.02. The Hall–Kier alpha value is -3.56. The Balaban J connectivity index is 1.81. The van der Waals surface area contributed by atoms with Crippen LogP contribution in [-0.4, -0.2) is 24.9 Å². The fraction of sp³-hybridized carbons (Fsp3) is 0.533. The van der Waals surface area contributed by atoms with E-state index in [-0.39, 0.29) is 29.3 Å². The van der Waals surface area contributed by atoms with Crippen LogP contribution in [0.1, 0.15) is 135 Å². The molecule has 0 spiro atoms. The van der Waals surface area contributed by atoms with E-state index in [4.69, 9.17) is 6.57 Å². The molecule has 0 radical (unpaired) electrons. The van der Waals surface area contributed by atoms with E-state index in [0.29, 0.717) is 50.4 Å². The van der Waals surface area contributed by atoms with Crippen LogP contribution in [0.25, 0.3) is 4.85 Å². The van der Waals surface area contributed by atoms with Crippen molar-refractivity contribution in [2.75, 3.05) is 0 Å². The molecule has 0 N–H and O–H groups in total. The highest BCUT2D eigenvalue weighted by Crippen LogP contribution is 2.40. The Morgan fingerprint density at radius 2 is 0.980 bits per heavy atom. The Morgan fingerprint density at radius 3 is 1.29 bits per heavy atom. The number of sulfone groups is 1. The summed E-state index contributed by atoms with van der Waals surface area (Å²) in [5, 5.41) is 0. The standard InChI is InChI=1S/C45H61NO4S/c1-33(2)31-38-17-21-40(22-18-38)43(8,36(6)47)27-11-13-29-45(46-10,51(49,50)42-25-15-35(5)16-26-42)30-14-12-28-44(9,37(7)48)41-23-19-39(20-24-41)32-34(3)4/h15-26,33-34H,11-14,27-32H2,1-9H3. The van der Waals surface area contributed by atoms with Crippen LogP contribution in [0.15, 0.2) is 77.7 Å². The second-order valence-electron chi connectivity index (χ2n) is 16.2. The predicted molar refractivity (Wildman–Crippen MR) is 211 cm³/mol. The van der Waals surface area contributed by atoms with Crippen LogP contribution in [0.3, 0.4) is 0 Å². The summed E-state index contributed by atoms with van der Waals surface area (Å²) in [7, 11) is -4.02. The monoisotopic (exact) mass is 711 g/mol. The first-order valence-corrected chi connectivity index (χ1v) is 20.3. The van der Waals surface area contributed by atoms with Crippen molar-refractivity contribution < 1.29 is 18.0 Å². The van der Waals surface area contributed by atoms with Crippen LogP contribution < -0.4 is 0 Å². The Labute approximate surface area is 309 Å². The van der Waals surface area contributed by atoms with Gasteiger partial charge in [-0.05, 0) is 119 Å². The maximum atomic E-state index is 14.3. The zero-order valence-electron chi connectivity index (χ0n) is 32.6. The maximum absolute atomic E-state index is 14.3. The SMILES string of the molecule is [C-]#[N+]C(CCCCC(C)(C(C)=O)c1ccc(CC(C)C)cc1)(CCCCC(C)(C(C)=O)c1ccc(CC(C)C)cc1)S(=O)(=O)c1ccc(C)cc1.